The smallest absolute Gasteiger partial charge is 0.344 e. The lowest BCUT2D eigenvalue weighted by atomic mass is 10.1. The Morgan fingerprint density at radius 2 is 2.08 bits per heavy atom. The van der Waals surface area contributed by atoms with Gasteiger partial charge in [0, 0.05) is 12.1 Å². The van der Waals surface area contributed by atoms with Crippen LogP contribution in [0.1, 0.15) is 28.8 Å². The van der Waals surface area contributed by atoms with Gasteiger partial charge in [-0.3, -0.25) is 4.79 Å². The highest BCUT2D eigenvalue weighted by molar-refractivity contribution is 6.14. The first-order valence-electron chi connectivity index (χ1n) is 7.50. The third-order valence-corrected chi connectivity index (χ3v) is 3.34. The number of carbonyl (C=O) groups excluding carboxylic acids is 2. The molecule has 1 aliphatic rings. The van der Waals surface area contributed by atoms with Crippen LogP contribution in [-0.2, 0) is 9.53 Å². The molecule has 124 valence electrons. The number of esters is 1. The minimum Gasteiger partial charge on any atom is -0.482 e. The standard InChI is InChI=1S/C18H16O6/c1-3-21-17(19)10-22-12-6-7-14-15(8-12)24-16(18(14)20)9-13-5-4-11(2)23-13/h4-9H,3,10H2,1-2H3/b16-9+. The number of carbonyl (C=O) groups is 2. The van der Waals surface area contributed by atoms with Crippen LogP contribution in [0.25, 0.3) is 6.08 Å². The van der Waals surface area contributed by atoms with E-state index in [1.165, 1.54) is 0 Å². The summed E-state index contributed by atoms with van der Waals surface area (Å²) in [5.41, 5.74) is 0.438. The number of fused-ring (bicyclic) bond motifs is 1. The van der Waals surface area contributed by atoms with Crippen LogP contribution in [-0.4, -0.2) is 25.0 Å². The molecule has 2 heterocycles. The molecule has 0 amide bonds. The Morgan fingerprint density at radius 1 is 1.25 bits per heavy atom. The van der Waals surface area contributed by atoms with Gasteiger partial charge in [0.1, 0.15) is 23.0 Å². The Bertz CT molecular complexity index is 815. The van der Waals surface area contributed by atoms with Crippen LogP contribution in [0.15, 0.2) is 40.5 Å². The molecule has 0 bridgehead atoms. The first kappa shape index (κ1) is 15.9. The number of hydrogen-bond donors (Lipinski definition) is 0. The van der Waals surface area contributed by atoms with Gasteiger partial charge in [-0.05, 0) is 38.1 Å². The third-order valence-electron chi connectivity index (χ3n) is 3.34. The zero-order chi connectivity index (χ0) is 17.1. The Balaban J connectivity index is 1.74. The molecule has 0 saturated heterocycles. The van der Waals surface area contributed by atoms with Gasteiger partial charge in [0.15, 0.2) is 12.4 Å². The van der Waals surface area contributed by atoms with Gasteiger partial charge in [0.05, 0.1) is 12.2 Å². The van der Waals surface area contributed by atoms with E-state index < -0.39 is 5.97 Å². The van der Waals surface area contributed by atoms with E-state index in [9.17, 15) is 9.59 Å². The lowest BCUT2D eigenvalue weighted by molar-refractivity contribution is -0.145. The third kappa shape index (κ3) is 3.32. The molecule has 2 aromatic rings. The SMILES string of the molecule is CCOC(=O)COc1ccc2c(c1)O/C(=C/c1ccc(C)o1)C2=O. The number of aryl methyl sites for hydroxylation is 1. The molecule has 1 aromatic carbocycles. The molecule has 0 N–H and O–H groups in total. The van der Waals surface area contributed by atoms with Crippen molar-refractivity contribution in [2.24, 2.45) is 0 Å². The van der Waals surface area contributed by atoms with E-state index in [0.29, 0.717) is 29.4 Å². The average molecular weight is 328 g/mol. The van der Waals surface area contributed by atoms with Crippen LogP contribution < -0.4 is 9.47 Å². The molecule has 0 fully saturated rings. The fourth-order valence-electron chi connectivity index (χ4n) is 2.26. The van der Waals surface area contributed by atoms with Crippen LogP contribution in [0, 0.1) is 6.92 Å². The van der Waals surface area contributed by atoms with Crippen molar-refractivity contribution in [3.63, 3.8) is 0 Å². The quantitative estimate of drug-likeness (QED) is 0.620. The van der Waals surface area contributed by atoms with Crippen molar-refractivity contribution < 1.29 is 28.2 Å². The van der Waals surface area contributed by atoms with Crippen LogP contribution >= 0.6 is 0 Å². The summed E-state index contributed by atoms with van der Waals surface area (Å²) >= 11 is 0. The summed E-state index contributed by atoms with van der Waals surface area (Å²) < 4.78 is 21.1. The second-order valence-electron chi connectivity index (χ2n) is 5.14. The highest BCUT2D eigenvalue weighted by atomic mass is 16.6. The van der Waals surface area contributed by atoms with E-state index in [2.05, 4.69) is 0 Å². The zero-order valence-electron chi connectivity index (χ0n) is 13.3. The number of hydrogen-bond acceptors (Lipinski definition) is 6. The first-order chi connectivity index (χ1) is 11.6. The van der Waals surface area contributed by atoms with E-state index in [-0.39, 0.29) is 18.1 Å². The van der Waals surface area contributed by atoms with Crippen molar-refractivity contribution >= 4 is 17.8 Å². The van der Waals surface area contributed by atoms with Crippen molar-refractivity contribution in [3.05, 3.63) is 53.2 Å². The van der Waals surface area contributed by atoms with Crippen LogP contribution in [0.4, 0.5) is 0 Å². The number of benzene rings is 1. The van der Waals surface area contributed by atoms with E-state index in [4.69, 9.17) is 18.6 Å². The van der Waals surface area contributed by atoms with Crippen molar-refractivity contribution in [1.29, 1.82) is 0 Å². The summed E-state index contributed by atoms with van der Waals surface area (Å²) in [6, 6.07) is 8.35. The summed E-state index contributed by atoms with van der Waals surface area (Å²) in [6.45, 7) is 3.64. The predicted molar refractivity (Wildman–Crippen MR) is 85.0 cm³/mol. The van der Waals surface area contributed by atoms with E-state index in [1.807, 2.05) is 6.92 Å². The molecule has 0 aliphatic carbocycles. The van der Waals surface area contributed by atoms with E-state index in [0.717, 1.165) is 5.76 Å². The summed E-state index contributed by atoms with van der Waals surface area (Å²) in [4.78, 5) is 23.6. The number of rotatable bonds is 5. The summed E-state index contributed by atoms with van der Waals surface area (Å²) in [6.07, 6.45) is 1.55. The second-order valence-corrected chi connectivity index (χ2v) is 5.14. The van der Waals surface area contributed by atoms with Gasteiger partial charge in [0.2, 0.25) is 5.78 Å². The van der Waals surface area contributed by atoms with Crippen LogP contribution in [0.3, 0.4) is 0 Å². The van der Waals surface area contributed by atoms with Gasteiger partial charge < -0.3 is 18.6 Å². The summed E-state index contributed by atoms with van der Waals surface area (Å²) in [7, 11) is 0. The van der Waals surface area contributed by atoms with E-state index in [1.54, 1.807) is 43.3 Å². The number of Topliss-reactive ketones (excluding diaryl/α,β-unsaturated/α-hetero) is 1. The Morgan fingerprint density at radius 3 is 2.79 bits per heavy atom. The van der Waals surface area contributed by atoms with Gasteiger partial charge in [0.25, 0.3) is 0 Å². The molecule has 6 heteroatoms. The summed E-state index contributed by atoms with van der Waals surface area (Å²) in [5, 5.41) is 0. The first-order valence-corrected chi connectivity index (χ1v) is 7.50. The normalized spacial score (nSPS) is 14.4. The molecule has 6 nitrogen and oxygen atoms in total. The van der Waals surface area contributed by atoms with Crippen molar-refractivity contribution in [3.8, 4) is 11.5 Å². The number of ether oxygens (including phenoxy) is 3. The minimum atomic E-state index is -0.455. The van der Waals surface area contributed by atoms with E-state index >= 15 is 0 Å². The van der Waals surface area contributed by atoms with Gasteiger partial charge in [-0.25, -0.2) is 4.79 Å². The van der Waals surface area contributed by atoms with Gasteiger partial charge in [-0.2, -0.15) is 0 Å². The maximum Gasteiger partial charge on any atom is 0.344 e. The fourth-order valence-corrected chi connectivity index (χ4v) is 2.26. The molecular formula is C18H16O6. The van der Waals surface area contributed by atoms with Crippen molar-refractivity contribution in [2.45, 2.75) is 13.8 Å². The lowest BCUT2D eigenvalue weighted by Crippen LogP contribution is -2.14. The maximum atomic E-state index is 12.3. The maximum absolute atomic E-state index is 12.3. The molecule has 0 spiro atoms. The largest absolute Gasteiger partial charge is 0.482 e. The summed E-state index contributed by atoms with van der Waals surface area (Å²) in [5.74, 6) is 1.60. The molecule has 1 aliphatic heterocycles. The average Bonchev–Trinajstić information content (AvgIpc) is 3.10. The fraction of sp³-hybridized carbons (Fsp3) is 0.222. The second kappa shape index (κ2) is 6.62. The molecular weight excluding hydrogens is 312 g/mol. The Hall–Kier alpha value is -3.02. The van der Waals surface area contributed by atoms with Gasteiger partial charge >= 0.3 is 5.97 Å². The monoisotopic (exact) mass is 328 g/mol. The van der Waals surface area contributed by atoms with Crippen LogP contribution in [0.5, 0.6) is 11.5 Å². The zero-order valence-corrected chi connectivity index (χ0v) is 13.3. The number of allylic oxidation sites excluding steroid dienone is 1. The molecule has 0 radical (unpaired) electrons. The number of furan rings is 1. The molecule has 3 rings (SSSR count). The Kier molecular flexibility index (Phi) is 4.37. The molecule has 1 aromatic heterocycles. The molecule has 0 atom stereocenters. The highest BCUT2D eigenvalue weighted by Crippen LogP contribution is 2.35. The highest BCUT2D eigenvalue weighted by Gasteiger charge is 2.28. The molecule has 24 heavy (non-hydrogen) atoms. The van der Waals surface area contributed by atoms with Crippen LogP contribution in [0.2, 0.25) is 0 Å². The van der Waals surface area contributed by atoms with Crippen molar-refractivity contribution in [2.75, 3.05) is 13.2 Å². The Labute approximate surface area is 138 Å². The predicted octanol–water partition coefficient (Wildman–Crippen LogP) is 3.15. The lowest BCUT2D eigenvalue weighted by Gasteiger charge is -2.06. The van der Waals surface area contributed by atoms with Crippen molar-refractivity contribution in [1.82, 2.24) is 0 Å². The molecule has 0 saturated carbocycles. The van der Waals surface area contributed by atoms with Gasteiger partial charge in [-0.1, -0.05) is 0 Å². The van der Waals surface area contributed by atoms with Gasteiger partial charge in [-0.15, -0.1) is 0 Å². The number of ketones is 1. The topological polar surface area (TPSA) is 75.0 Å². The minimum absolute atomic E-state index is 0.182. The molecule has 0 unspecified atom stereocenters.